The van der Waals surface area contributed by atoms with Gasteiger partial charge in [-0.2, -0.15) is 18.3 Å². The van der Waals surface area contributed by atoms with E-state index in [2.05, 4.69) is 15.7 Å². The fourth-order valence-corrected chi connectivity index (χ4v) is 1.65. The van der Waals surface area contributed by atoms with Gasteiger partial charge in [-0.15, -0.1) is 0 Å². The summed E-state index contributed by atoms with van der Waals surface area (Å²) in [7, 11) is 1.10. The number of hydrogen-bond donors (Lipinski definition) is 3. The van der Waals surface area contributed by atoms with Crippen molar-refractivity contribution >= 4 is 17.8 Å². The monoisotopic (exact) mass is 307 g/mol. The molecule has 0 aliphatic rings. The second-order valence-electron chi connectivity index (χ2n) is 4.76. The Morgan fingerprint density at radius 3 is 2.33 bits per heavy atom. The Labute approximate surface area is 118 Å². The summed E-state index contributed by atoms with van der Waals surface area (Å²) in [5, 5.41) is 7.93. The van der Waals surface area contributed by atoms with Crippen molar-refractivity contribution in [3.05, 3.63) is 11.8 Å². The van der Waals surface area contributed by atoms with Gasteiger partial charge in [0.05, 0.1) is 0 Å². The van der Waals surface area contributed by atoms with Gasteiger partial charge in [-0.1, -0.05) is 13.8 Å². The first-order valence-electron chi connectivity index (χ1n) is 6.00. The van der Waals surface area contributed by atoms with Crippen molar-refractivity contribution in [2.45, 2.75) is 26.1 Å². The van der Waals surface area contributed by atoms with Gasteiger partial charge in [0.2, 0.25) is 5.91 Å². The number of aromatic nitrogens is 2. The molecular weight excluding hydrogens is 291 g/mol. The van der Waals surface area contributed by atoms with E-state index in [1.165, 1.54) is 0 Å². The van der Waals surface area contributed by atoms with Crippen molar-refractivity contribution in [3.8, 4) is 0 Å². The highest BCUT2D eigenvalue weighted by atomic mass is 19.4. The van der Waals surface area contributed by atoms with E-state index >= 15 is 0 Å². The largest absolute Gasteiger partial charge is 0.433 e. The maximum atomic E-state index is 12.6. The Morgan fingerprint density at radius 1 is 1.38 bits per heavy atom. The van der Waals surface area contributed by atoms with Crippen molar-refractivity contribution in [2.75, 3.05) is 5.32 Å². The van der Waals surface area contributed by atoms with Gasteiger partial charge in [-0.25, -0.2) is 4.79 Å². The van der Waals surface area contributed by atoms with Gasteiger partial charge in [0.25, 0.3) is 0 Å². The molecule has 0 aliphatic carbocycles. The van der Waals surface area contributed by atoms with Crippen LogP contribution in [0, 0.1) is 5.92 Å². The van der Waals surface area contributed by atoms with E-state index in [1.54, 1.807) is 13.8 Å². The van der Waals surface area contributed by atoms with E-state index < -0.39 is 29.9 Å². The number of carbonyl (C=O) groups is 2. The molecule has 0 aliphatic heterocycles. The molecule has 0 aromatic carbocycles. The Bertz CT molecular complexity index is 538. The second kappa shape index (κ2) is 6.02. The van der Waals surface area contributed by atoms with Crippen LogP contribution in [0.3, 0.4) is 0 Å². The Kier molecular flexibility index (Phi) is 4.81. The fraction of sp³-hybridized carbons (Fsp3) is 0.545. The number of primary amides is 1. The van der Waals surface area contributed by atoms with Gasteiger partial charge < -0.3 is 11.1 Å². The summed E-state index contributed by atoms with van der Waals surface area (Å²) >= 11 is 0. The summed E-state index contributed by atoms with van der Waals surface area (Å²) in [4.78, 5) is 22.8. The molecule has 21 heavy (non-hydrogen) atoms. The lowest BCUT2D eigenvalue weighted by Gasteiger charge is -2.18. The van der Waals surface area contributed by atoms with E-state index in [4.69, 9.17) is 5.73 Å². The predicted molar refractivity (Wildman–Crippen MR) is 68.2 cm³/mol. The van der Waals surface area contributed by atoms with Crippen molar-refractivity contribution < 1.29 is 22.8 Å². The molecule has 4 N–H and O–H groups in total. The summed E-state index contributed by atoms with van der Waals surface area (Å²) < 4.78 is 38.3. The zero-order valence-electron chi connectivity index (χ0n) is 11.7. The summed E-state index contributed by atoms with van der Waals surface area (Å²) in [5.41, 5.74) is 4.11. The molecule has 10 heteroatoms. The molecule has 0 spiro atoms. The van der Waals surface area contributed by atoms with Crippen molar-refractivity contribution in [3.63, 3.8) is 0 Å². The summed E-state index contributed by atoms with van der Waals surface area (Å²) in [5.74, 6) is -1.28. The molecule has 1 aromatic heterocycles. The number of rotatable bonds is 4. The number of aryl methyl sites for hydroxylation is 1. The van der Waals surface area contributed by atoms with Crippen molar-refractivity contribution in [2.24, 2.45) is 18.7 Å². The molecule has 1 rings (SSSR count). The molecule has 118 valence electrons. The van der Waals surface area contributed by atoms with Gasteiger partial charge in [0.1, 0.15) is 11.7 Å². The van der Waals surface area contributed by atoms with Crippen LogP contribution in [0.1, 0.15) is 19.5 Å². The summed E-state index contributed by atoms with van der Waals surface area (Å²) in [6.45, 7) is 3.33. The molecule has 1 aromatic rings. The lowest BCUT2D eigenvalue weighted by Crippen LogP contribution is -2.49. The number of urea groups is 1. The number of anilines is 1. The average Bonchev–Trinajstić information content (AvgIpc) is 2.66. The van der Waals surface area contributed by atoms with E-state index in [-0.39, 0.29) is 11.7 Å². The molecule has 0 radical (unpaired) electrons. The lowest BCUT2D eigenvalue weighted by molar-refractivity contribution is -0.143. The van der Waals surface area contributed by atoms with Gasteiger partial charge >= 0.3 is 12.2 Å². The standard InChI is InChI=1S/C11H16F3N5O2/c1-5(2)8(9(15)20)17-10(21)16-7-4-6(11(12,13)14)19(3)18-7/h4-5,8H,1-3H3,(H2,15,20)(H2,16,17,18,21)/t8-/m0/s1. The van der Waals surface area contributed by atoms with Crippen LogP contribution in [0.25, 0.3) is 0 Å². The number of nitrogens with two attached hydrogens (primary N) is 1. The van der Waals surface area contributed by atoms with Crippen molar-refractivity contribution in [1.29, 1.82) is 0 Å². The van der Waals surface area contributed by atoms with Crippen LogP contribution in [0.5, 0.6) is 0 Å². The smallest absolute Gasteiger partial charge is 0.368 e. The first kappa shape index (κ1) is 16.8. The Hall–Kier alpha value is -2.26. The molecule has 3 amide bonds. The minimum absolute atomic E-state index is 0.261. The number of hydrogen-bond acceptors (Lipinski definition) is 3. The topological polar surface area (TPSA) is 102 Å². The molecule has 7 nitrogen and oxygen atoms in total. The maximum Gasteiger partial charge on any atom is 0.433 e. The highest BCUT2D eigenvalue weighted by Crippen LogP contribution is 2.30. The zero-order chi connectivity index (χ0) is 16.4. The SMILES string of the molecule is CC(C)[C@H](NC(=O)Nc1cc(C(F)(F)F)n(C)n1)C(N)=O. The summed E-state index contributed by atoms with van der Waals surface area (Å²) in [6, 6.07) is -1.11. The number of carbonyl (C=O) groups excluding carboxylic acids is 2. The van der Waals surface area contributed by atoms with Crippen LogP contribution in [0.15, 0.2) is 6.07 Å². The van der Waals surface area contributed by atoms with Gasteiger partial charge in [0, 0.05) is 13.1 Å². The predicted octanol–water partition coefficient (Wildman–Crippen LogP) is 1.07. The lowest BCUT2D eigenvalue weighted by atomic mass is 10.0. The van der Waals surface area contributed by atoms with Crippen LogP contribution in [0.4, 0.5) is 23.8 Å². The number of nitrogens with zero attached hydrogens (tertiary/aromatic N) is 2. The van der Waals surface area contributed by atoms with E-state index in [0.717, 1.165) is 7.05 Å². The Morgan fingerprint density at radius 2 is 1.95 bits per heavy atom. The fourth-order valence-electron chi connectivity index (χ4n) is 1.65. The maximum absolute atomic E-state index is 12.6. The van der Waals surface area contributed by atoms with Crippen LogP contribution in [-0.2, 0) is 18.0 Å². The number of halogens is 3. The van der Waals surface area contributed by atoms with Gasteiger partial charge in [-0.05, 0) is 5.92 Å². The molecular formula is C11H16F3N5O2. The molecule has 1 atom stereocenters. The zero-order valence-corrected chi connectivity index (χ0v) is 11.7. The normalized spacial score (nSPS) is 13.1. The highest BCUT2D eigenvalue weighted by Gasteiger charge is 2.35. The molecule has 0 fully saturated rings. The van der Waals surface area contributed by atoms with E-state index in [1.807, 2.05) is 0 Å². The minimum Gasteiger partial charge on any atom is -0.368 e. The van der Waals surface area contributed by atoms with Crippen molar-refractivity contribution in [1.82, 2.24) is 15.1 Å². The van der Waals surface area contributed by atoms with Gasteiger partial charge in [-0.3, -0.25) is 14.8 Å². The van der Waals surface area contributed by atoms with Gasteiger partial charge in [0.15, 0.2) is 5.82 Å². The molecule has 0 bridgehead atoms. The third-order valence-corrected chi connectivity index (χ3v) is 2.67. The molecule has 0 unspecified atom stereocenters. The number of alkyl halides is 3. The summed E-state index contributed by atoms with van der Waals surface area (Å²) in [6.07, 6.45) is -4.58. The quantitative estimate of drug-likeness (QED) is 0.775. The first-order valence-corrected chi connectivity index (χ1v) is 6.00. The van der Waals surface area contributed by atoms with E-state index in [0.29, 0.717) is 10.7 Å². The van der Waals surface area contributed by atoms with Crippen LogP contribution in [0.2, 0.25) is 0 Å². The first-order chi connectivity index (χ1) is 9.52. The number of amides is 3. The minimum atomic E-state index is -4.58. The van der Waals surface area contributed by atoms with Crippen LogP contribution in [-0.4, -0.2) is 27.8 Å². The molecule has 1 heterocycles. The average molecular weight is 307 g/mol. The van der Waals surface area contributed by atoms with E-state index in [9.17, 15) is 22.8 Å². The Balaban J connectivity index is 2.78. The van der Waals surface area contributed by atoms with Crippen LogP contribution >= 0.6 is 0 Å². The third kappa shape index (κ3) is 4.36. The molecule has 0 saturated heterocycles. The highest BCUT2D eigenvalue weighted by molar-refractivity contribution is 5.92. The second-order valence-corrected chi connectivity index (χ2v) is 4.76. The number of nitrogens with one attached hydrogen (secondary N) is 2. The molecule has 0 saturated carbocycles. The van der Waals surface area contributed by atoms with Crippen LogP contribution < -0.4 is 16.4 Å². The third-order valence-electron chi connectivity index (χ3n) is 2.67.